The molecular formula is C11H21N3O. The molecular weight excluding hydrogens is 190 g/mol. The van der Waals surface area contributed by atoms with Crippen LogP contribution in [0.4, 0.5) is 0 Å². The summed E-state index contributed by atoms with van der Waals surface area (Å²) in [5, 5.41) is 11.9. The molecule has 3 N–H and O–H groups in total. The van der Waals surface area contributed by atoms with E-state index in [4.69, 9.17) is 10.9 Å². The second-order valence-electron chi connectivity index (χ2n) is 4.83. The zero-order chi connectivity index (χ0) is 10.7. The first-order chi connectivity index (χ1) is 7.31. The third kappa shape index (κ3) is 2.43. The van der Waals surface area contributed by atoms with Gasteiger partial charge >= 0.3 is 0 Å². The van der Waals surface area contributed by atoms with Crippen LogP contribution >= 0.6 is 0 Å². The smallest absolute Gasteiger partial charge is 0.156 e. The van der Waals surface area contributed by atoms with E-state index in [1.54, 1.807) is 0 Å². The summed E-state index contributed by atoms with van der Waals surface area (Å²) in [5.41, 5.74) is 5.73. The fraction of sp³-hybridized carbons (Fsp3) is 0.909. The molecule has 0 aromatic carbocycles. The lowest BCUT2D eigenvalue weighted by Gasteiger charge is -2.39. The van der Waals surface area contributed by atoms with E-state index in [0.717, 1.165) is 25.4 Å². The van der Waals surface area contributed by atoms with Gasteiger partial charge in [-0.05, 0) is 38.1 Å². The van der Waals surface area contributed by atoms with Crippen molar-refractivity contribution >= 4 is 5.84 Å². The number of nitrogens with zero attached hydrogens (tertiary/aromatic N) is 2. The van der Waals surface area contributed by atoms with Gasteiger partial charge in [-0.3, -0.25) is 4.90 Å². The molecule has 0 aromatic rings. The number of hydrogen-bond acceptors (Lipinski definition) is 3. The van der Waals surface area contributed by atoms with Gasteiger partial charge in [0.25, 0.3) is 0 Å². The van der Waals surface area contributed by atoms with Gasteiger partial charge in [0.2, 0.25) is 0 Å². The van der Waals surface area contributed by atoms with Gasteiger partial charge in [-0.2, -0.15) is 0 Å². The van der Waals surface area contributed by atoms with Crippen molar-refractivity contribution in [2.75, 3.05) is 13.1 Å². The van der Waals surface area contributed by atoms with E-state index in [9.17, 15) is 0 Å². The molecule has 1 heterocycles. The second-order valence-corrected chi connectivity index (χ2v) is 4.83. The van der Waals surface area contributed by atoms with E-state index in [1.165, 1.54) is 32.1 Å². The molecule has 0 radical (unpaired) electrons. The Hall–Kier alpha value is -0.770. The van der Waals surface area contributed by atoms with Crippen LogP contribution in [0, 0.1) is 5.92 Å². The summed E-state index contributed by atoms with van der Waals surface area (Å²) < 4.78 is 0. The fourth-order valence-electron chi connectivity index (χ4n) is 2.62. The molecule has 1 saturated carbocycles. The molecule has 4 nitrogen and oxygen atoms in total. The Morgan fingerprint density at radius 1 is 1.27 bits per heavy atom. The summed E-state index contributed by atoms with van der Waals surface area (Å²) in [6.07, 6.45) is 7.60. The van der Waals surface area contributed by atoms with Crippen LogP contribution in [-0.2, 0) is 0 Å². The quantitative estimate of drug-likeness (QED) is 0.321. The fourth-order valence-corrected chi connectivity index (χ4v) is 2.62. The lowest BCUT2D eigenvalue weighted by molar-refractivity contribution is 0.129. The lowest BCUT2D eigenvalue weighted by Crippen LogP contribution is -2.50. The van der Waals surface area contributed by atoms with Crippen LogP contribution in [0.15, 0.2) is 5.16 Å². The van der Waals surface area contributed by atoms with Crippen molar-refractivity contribution in [3.63, 3.8) is 0 Å². The maximum absolute atomic E-state index is 8.75. The number of rotatable bonds is 3. The number of oxime groups is 1. The first-order valence-electron chi connectivity index (χ1n) is 6.02. The van der Waals surface area contributed by atoms with Crippen LogP contribution in [0.25, 0.3) is 0 Å². The molecule has 15 heavy (non-hydrogen) atoms. The minimum Gasteiger partial charge on any atom is -0.409 e. The Kier molecular flexibility index (Phi) is 3.46. The highest BCUT2D eigenvalue weighted by Gasteiger charge is 2.29. The average molecular weight is 211 g/mol. The van der Waals surface area contributed by atoms with E-state index in [-0.39, 0.29) is 6.04 Å². The number of amidine groups is 1. The van der Waals surface area contributed by atoms with Gasteiger partial charge in [-0.25, -0.2) is 0 Å². The van der Waals surface area contributed by atoms with Crippen molar-refractivity contribution in [1.82, 2.24) is 4.90 Å². The molecule has 2 rings (SSSR count). The Labute approximate surface area is 91.1 Å². The monoisotopic (exact) mass is 211 g/mol. The molecule has 1 atom stereocenters. The van der Waals surface area contributed by atoms with Crippen molar-refractivity contribution in [2.24, 2.45) is 16.8 Å². The molecule has 0 spiro atoms. The summed E-state index contributed by atoms with van der Waals surface area (Å²) in [6, 6.07) is 0.185. The lowest BCUT2D eigenvalue weighted by atomic mass is 9.84. The molecule has 2 aliphatic rings. The second kappa shape index (κ2) is 4.84. The number of piperidine rings is 1. The summed E-state index contributed by atoms with van der Waals surface area (Å²) in [7, 11) is 0. The Morgan fingerprint density at radius 2 is 2.07 bits per heavy atom. The average Bonchev–Trinajstić information content (AvgIpc) is 2.23. The summed E-state index contributed by atoms with van der Waals surface area (Å²) in [4.78, 5) is 2.41. The van der Waals surface area contributed by atoms with Gasteiger partial charge in [-0.15, -0.1) is 0 Å². The minimum absolute atomic E-state index is 0.185. The molecule has 0 amide bonds. The highest BCUT2D eigenvalue weighted by molar-refractivity contribution is 5.85. The summed E-state index contributed by atoms with van der Waals surface area (Å²) >= 11 is 0. The Bertz CT molecular complexity index is 238. The van der Waals surface area contributed by atoms with Crippen molar-refractivity contribution in [3.05, 3.63) is 0 Å². The Balaban J connectivity index is 1.92. The van der Waals surface area contributed by atoms with Crippen LogP contribution in [0.2, 0.25) is 0 Å². The molecule has 1 unspecified atom stereocenters. The van der Waals surface area contributed by atoms with E-state index in [2.05, 4.69) is 10.1 Å². The molecule has 0 bridgehead atoms. The first kappa shape index (κ1) is 10.7. The molecule has 0 aromatic heterocycles. The highest BCUT2D eigenvalue weighted by atomic mass is 16.4. The normalized spacial score (nSPS) is 30.1. The molecule has 1 aliphatic heterocycles. The van der Waals surface area contributed by atoms with Crippen LogP contribution in [0.1, 0.15) is 38.5 Å². The predicted octanol–water partition coefficient (Wildman–Crippen LogP) is 1.39. The minimum atomic E-state index is 0.185. The maximum Gasteiger partial charge on any atom is 0.156 e. The molecule has 1 saturated heterocycles. The summed E-state index contributed by atoms with van der Waals surface area (Å²) in [5.74, 6) is 1.26. The van der Waals surface area contributed by atoms with E-state index >= 15 is 0 Å². The van der Waals surface area contributed by atoms with Crippen molar-refractivity contribution in [2.45, 2.75) is 44.6 Å². The zero-order valence-corrected chi connectivity index (χ0v) is 9.23. The largest absolute Gasteiger partial charge is 0.409 e. The molecule has 4 heteroatoms. The van der Waals surface area contributed by atoms with Gasteiger partial charge in [0, 0.05) is 6.54 Å². The van der Waals surface area contributed by atoms with Crippen molar-refractivity contribution in [1.29, 1.82) is 0 Å². The van der Waals surface area contributed by atoms with Gasteiger partial charge in [0.15, 0.2) is 5.84 Å². The first-order valence-corrected chi connectivity index (χ1v) is 6.02. The molecule has 2 fully saturated rings. The molecule has 1 aliphatic carbocycles. The van der Waals surface area contributed by atoms with Crippen LogP contribution < -0.4 is 5.73 Å². The van der Waals surface area contributed by atoms with E-state index in [1.807, 2.05) is 0 Å². The van der Waals surface area contributed by atoms with E-state index in [0.29, 0.717) is 5.84 Å². The topological polar surface area (TPSA) is 61.9 Å². The SMILES string of the molecule is NC(=NO)C1CCCCN1CC1CCC1. The third-order valence-corrected chi connectivity index (χ3v) is 3.79. The number of hydrogen-bond donors (Lipinski definition) is 2. The summed E-state index contributed by atoms with van der Waals surface area (Å²) in [6.45, 7) is 2.25. The predicted molar refractivity (Wildman–Crippen MR) is 60.0 cm³/mol. The van der Waals surface area contributed by atoms with Gasteiger partial charge in [0.1, 0.15) is 0 Å². The van der Waals surface area contributed by atoms with Gasteiger partial charge < -0.3 is 10.9 Å². The van der Waals surface area contributed by atoms with Gasteiger partial charge in [-0.1, -0.05) is 18.0 Å². The van der Waals surface area contributed by atoms with Crippen LogP contribution in [-0.4, -0.2) is 35.1 Å². The van der Waals surface area contributed by atoms with Crippen molar-refractivity contribution in [3.8, 4) is 0 Å². The molecule has 86 valence electrons. The number of nitrogens with two attached hydrogens (primary N) is 1. The van der Waals surface area contributed by atoms with Gasteiger partial charge in [0.05, 0.1) is 6.04 Å². The van der Waals surface area contributed by atoms with Crippen molar-refractivity contribution < 1.29 is 5.21 Å². The van der Waals surface area contributed by atoms with E-state index < -0.39 is 0 Å². The Morgan fingerprint density at radius 3 is 2.67 bits per heavy atom. The highest BCUT2D eigenvalue weighted by Crippen LogP contribution is 2.29. The van der Waals surface area contributed by atoms with Crippen LogP contribution in [0.5, 0.6) is 0 Å². The van der Waals surface area contributed by atoms with Crippen LogP contribution in [0.3, 0.4) is 0 Å². The third-order valence-electron chi connectivity index (χ3n) is 3.79. The maximum atomic E-state index is 8.75. The standard InChI is InChI=1S/C11H21N3O/c12-11(13-15)10-6-1-2-7-14(10)8-9-4-3-5-9/h9-10,15H,1-8H2,(H2,12,13). The number of likely N-dealkylation sites (tertiary alicyclic amines) is 1. The zero-order valence-electron chi connectivity index (χ0n) is 9.23.